The first-order valence-corrected chi connectivity index (χ1v) is 11.2. The Balaban J connectivity index is 2.40. The summed E-state index contributed by atoms with van der Waals surface area (Å²) in [6.45, 7) is 5.98. The molecule has 0 radical (unpaired) electrons. The first-order chi connectivity index (χ1) is 15.7. The molecule has 0 saturated carbocycles. The number of anilines is 1. The van der Waals surface area contributed by atoms with Crippen LogP contribution < -0.4 is 10.1 Å². The predicted octanol–water partition coefficient (Wildman–Crippen LogP) is 4.27. The number of ether oxygens (including phenoxy) is 2. The molecular weight excluding hydrogens is 442 g/mol. The molecule has 1 aromatic carbocycles. The Kier molecular flexibility index (Phi) is 9.18. The topological polar surface area (TPSA) is 109 Å². The van der Waals surface area contributed by atoms with E-state index in [2.05, 4.69) is 5.32 Å². The zero-order valence-electron chi connectivity index (χ0n) is 19.4. The number of esters is 1. The van der Waals surface area contributed by atoms with Gasteiger partial charge in [0.05, 0.1) is 23.7 Å². The van der Waals surface area contributed by atoms with E-state index < -0.39 is 11.9 Å². The molecule has 0 fully saturated rings. The third kappa shape index (κ3) is 6.43. The van der Waals surface area contributed by atoms with Crippen LogP contribution in [-0.4, -0.2) is 50.0 Å². The van der Waals surface area contributed by atoms with E-state index in [0.29, 0.717) is 28.4 Å². The number of nitrogens with zero attached hydrogens (tertiary/aromatic N) is 2. The third-order valence-corrected chi connectivity index (χ3v) is 5.66. The summed E-state index contributed by atoms with van der Waals surface area (Å²) in [5.74, 6) is -1.02. The Morgan fingerprint density at radius 1 is 1.24 bits per heavy atom. The second-order valence-electron chi connectivity index (χ2n) is 7.23. The molecule has 0 atom stereocenters. The van der Waals surface area contributed by atoms with Crippen LogP contribution in [-0.2, 0) is 9.53 Å². The van der Waals surface area contributed by atoms with Gasteiger partial charge in [0.2, 0.25) is 0 Å². The highest BCUT2D eigenvalue weighted by molar-refractivity contribution is 7.18. The number of hydrogen-bond donors (Lipinski definition) is 1. The molecule has 0 unspecified atom stereocenters. The van der Waals surface area contributed by atoms with Gasteiger partial charge in [0.15, 0.2) is 0 Å². The van der Waals surface area contributed by atoms with Gasteiger partial charge in [-0.25, -0.2) is 4.79 Å². The monoisotopic (exact) mass is 469 g/mol. The second kappa shape index (κ2) is 11.8. The summed E-state index contributed by atoms with van der Waals surface area (Å²) in [4.78, 5) is 39.7. The zero-order chi connectivity index (χ0) is 24.5. The minimum absolute atomic E-state index is 0.104. The Morgan fingerprint density at radius 3 is 2.58 bits per heavy atom. The molecule has 2 rings (SSSR count). The largest absolute Gasteiger partial charge is 0.494 e. The summed E-state index contributed by atoms with van der Waals surface area (Å²) in [6, 6.07) is 8.93. The van der Waals surface area contributed by atoms with Crippen molar-refractivity contribution in [2.75, 3.05) is 32.6 Å². The SMILES string of the molecule is CCCOc1cccc(C=C(C#N)C(=O)Nc2sc(C(=O)N(C)C)c(C)c2C(=O)OCC)c1. The van der Waals surface area contributed by atoms with E-state index in [4.69, 9.17) is 9.47 Å². The average Bonchev–Trinajstić information content (AvgIpc) is 3.11. The van der Waals surface area contributed by atoms with Crippen molar-refractivity contribution in [2.24, 2.45) is 0 Å². The van der Waals surface area contributed by atoms with Crippen LogP contribution in [0.3, 0.4) is 0 Å². The summed E-state index contributed by atoms with van der Waals surface area (Å²) in [5, 5.41) is 12.3. The molecule has 8 nitrogen and oxygen atoms in total. The van der Waals surface area contributed by atoms with Crippen LogP contribution in [0.4, 0.5) is 5.00 Å². The van der Waals surface area contributed by atoms with Gasteiger partial charge in [-0.15, -0.1) is 11.3 Å². The van der Waals surface area contributed by atoms with Crippen molar-refractivity contribution in [1.82, 2.24) is 4.90 Å². The molecule has 174 valence electrons. The van der Waals surface area contributed by atoms with Gasteiger partial charge >= 0.3 is 5.97 Å². The number of thiophene rings is 1. The summed E-state index contributed by atoms with van der Waals surface area (Å²) in [7, 11) is 3.19. The first kappa shape index (κ1) is 25.6. The lowest BCUT2D eigenvalue weighted by Crippen LogP contribution is -2.21. The lowest BCUT2D eigenvalue weighted by atomic mass is 10.1. The van der Waals surface area contributed by atoms with E-state index in [1.54, 1.807) is 52.2 Å². The quantitative estimate of drug-likeness (QED) is 0.334. The molecular formula is C24H27N3O5S. The molecule has 1 N–H and O–H groups in total. The summed E-state index contributed by atoms with van der Waals surface area (Å²) < 4.78 is 10.7. The molecule has 0 aliphatic carbocycles. The maximum atomic E-state index is 12.9. The number of nitriles is 1. The van der Waals surface area contributed by atoms with E-state index in [9.17, 15) is 19.6 Å². The van der Waals surface area contributed by atoms with Gasteiger partial charge in [0.25, 0.3) is 11.8 Å². The predicted molar refractivity (Wildman–Crippen MR) is 127 cm³/mol. The molecule has 1 aromatic heterocycles. The van der Waals surface area contributed by atoms with Crippen molar-refractivity contribution < 1.29 is 23.9 Å². The van der Waals surface area contributed by atoms with Gasteiger partial charge in [-0.1, -0.05) is 19.1 Å². The Morgan fingerprint density at radius 2 is 1.97 bits per heavy atom. The fourth-order valence-corrected chi connectivity index (χ4v) is 4.07. The van der Waals surface area contributed by atoms with Crippen molar-refractivity contribution in [3.05, 3.63) is 51.4 Å². The maximum Gasteiger partial charge on any atom is 0.341 e. The number of carbonyl (C=O) groups excluding carboxylic acids is 3. The number of hydrogen-bond acceptors (Lipinski definition) is 7. The van der Waals surface area contributed by atoms with Gasteiger partial charge in [0, 0.05) is 14.1 Å². The van der Waals surface area contributed by atoms with Crippen molar-refractivity contribution in [2.45, 2.75) is 27.2 Å². The Bertz CT molecular complexity index is 1110. The fourth-order valence-electron chi connectivity index (χ4n) is 2.86. The van der Waals surface area contributed by atoms with Crippen LogP contribution in [0.25, 0.3) is 6.08 Å². The van der Waals surface area contributed by atoms with Crippen molar-refractivity contribution in [1.29, 1.82) is 5.26 Å². The average molecular weight is 470 g/mol. The minimum atomic E-state index is -0.701. The second-order valence-corrected chi connectivity index (χ2v) is 8.25. The Hall–Kier alpha value is -3.64. The van der Waals surface area contributed by atoms with E-state index in [0.717, 1.165) is 17.8 Å². The van der Waals surface area contributed by atoms with Crippen molar-refractivity contribution in [3.63, 3.8) is 0 Å². The molecule has 0 aliphatic heterocycles. The lowest BCUT2D eigenvalue weighted by Gasteiger charge is -2.09. The van der Waals surface area contributed by atoms with Gasteiger partial charge in [0.1, 0.15) is 22.4 Å². The van der Waals surface area contributed by atoms with E-state index in [1.807, 2.05) is 13.0 Å². The molecule has 0 aliphatic rings. The highest BCUT2D eigenvalue weighted by Gasteiger charge is 2.27. The van der Waals surface area contributed by atoms with Gasteiger partial charge in [-0.3, -0.25) is 9.59 Å². The zero-order valence-corrected chi connectivity index (χ0v) is 20.2. The lowest BCUT2D eigenvalue weighted by molar-refractivity contribution is -0.112. The molecule has 2 aromatic rings. The van der Waals surface area contributed by atoms with Gasteiger partial charge in [-0.2, -0.15) is 5.26 Å². The van der Waals surface area contributed by atoms with E-state index in [1.165, 1.54) is 11.0 Å². The number of rotatable bonds is 9. The maximum absolute atomic E-state index is 12.9. The van der Waals surface area contributed by atoms with Crippen LogP contribution in [0.15, 0.2) is 29.8 Å². The highest BCUT2D eigenvalue weighted by atomic mass is 32.1. The first-order valence-electron chi connectivity index (χ1n) is 10.4. The molecule has 9 heteroatoms. The number of carbonyl (C=O) groups is 3. The molecule has 0 bridgehead atoms. The van der Waals surface area contributed by atoms with Crippen molar-refractivity contribution >= 4 is 40.2 Å². The minimum Gasteiger partial charge on any atom is -0.494 e. The third-order valence-electron chi connectivity index (χ3n) is 4.46. The summed E-state index contributed by atoms with van der Waals surface area (Å²) in [6.07, 6.45) is 2.29. The van der Waals surface area contributed by atoms with Gasteiger partial charge < -0.3 is 19.7 Å². The number of amides is 2. The van der Waals surface area contributed by atoms with Crippen LogP contribution in [0.5, 0.6) is 5.75 Å². The molecule has 0 saturated heterocycles. The smallest absolute Gasteiger partial charge is 0.341 e. The molecule has 33 heavy (non-hydrogen) atoms. The Labute approximate surface area is 197 Å². The van der Waals surface area contributed by atoms with Crippen LogP contribution >= 0.6 is 11.3 Å². The molecule has 1 heterocycles. The van der Waals surface area contributed by atoms with Crippen LogP contribution in [0.2, 0.25) is 0 Å². The number of benzene rings is 1. The molecule has 2 amide bonds. The summed E-state index contributed by atoms with van der Waals surface area (Å²) in [5.41, 5.74) is 0.971. The normalized spacial score (nSPS) is 10.8. The van der Waals surface area contributed by atoms with Crippen molar-refractivity contribution in [3.8, 4) is 11.8 Å². The summed E-state index contributed by atoms with van der Waals surface area (Å²) >= 11 is 0.970. The van der Waals surface area contributed by atoms with E-state index >= 15 is 0 Å². The van der Waals surface area contributed by atoms with Crippen LogP contribution in [0, 0.1) is 18.3 Å². The van der Waals surface area contributed by atoms with Crippen LogP contribution in [0.1, 0.15) is 51.4 Å². The fraction of sp³-hybridized carbons (Fsp3) is 0.333. The number of nitrogens with one attached hydrogen (secondary N) is 1. The van der Waals surface area contributed by atoms with E-state index in [-0.39, 0.29) is 28.7 Å². The standard InChI is InChI=1S/C24H27N3O5S/c1-6-11-32-18-10-8-9-16(13-18)12-17(14-25)21(28)26-22-19(24(30)31-7-2)15(3)20(33-22)23(29)27(4)5/h8-10,12-13H,6-7,11H2,1-5H3,(H,26,28). The highest BCUT2D eigenvalue weighted by Crippen LogP contribution is 2.34. The molecule has 0 spiro atoms. The van der Waals surface area contributed by atoms with Gasteiger partial charge in [-0.05, 0) is 49.6 Å².